The molecule has 0 saturated carbocycles. The first-order valence-corrected chi connectivity index (χ1v) is 7.58. The van der Waals surface area contributed by atoms with E-state index < -0.39 is 41.6 Å². The molecule has 1 amide bonds. The number of carbonyl (C=O) groups is 2. The van der Waals surface area contributed by atoms with E-state index in [1.54, 1.807) is 0 Å². The highest BCUT2D eigenvalue weighted by Crippen LogP contribution is 2.50. The number of fused-ring (bicyclic) bond motifs is 1. The van der Waals surface area contributed by atoms with Crippen molar-refractivity contribution in [3.63, 3.8) is 0 Å². The molecule has 0 spiro atoms. The quantitative estimate of drug-likeness (QED) is 0.644. The Balaban J connectivity index is 2.51. The van der Waals surface area contributed by atoms with Gasteiger partial charge in [-0.15, -0.1) is 0 Å². The predicted molar refractivity (Wildman–Crippen MR) is 78.4 cm³/mol. The minimum absolute atomic E-state index is 0.0672. The lowest BCUT2D eigenvalue weighted by Crippen LogP contribution is -2.54. The highest BCUT2D eigenvalue weighted by molar-refractivity contribution is 6.05. The molecule has 1 aliphatic heterocycles. The average Bonchev–Trinajstić information content (AvgIpc) is 2.50. The molecular weight excluding hydrogens is 368 g/mol. The van der Waals surface area contributed by atoms with E-state index in [0.29, 0.717) is 18.6 Å². The number of aliphatic hydroxyl groups is 1. The maximum atomic E-state index is 13.0. The van der Waals surface area contributed by atoms with Crippen LogP contribution in [0, 0.1) is 0 Å². The summed E-state index contributed by atoms with van der Waals surface area (Å²) in [6, 6.07) is 2.05. The summed E-state index contributed by atoms with van der Waals surface area (Å²) < 4.78 is 78.0. The highest BCUT2D eigenvalue weighted by Gasteiger charge is 2.71. The third-order valence-corrected chi connectivity index (χ3v) is 4.14. The number of hydrogen-bond donors (Lipinski definition) is 1. The van der Waals surface area contributed by atoms with Crippen LogP contribution >= 0.6 is 0 Å². The second-order valence-corrected chi connectivity index (χ2v) is 6.08. The monoisotopic (exact) mass is 383 g/mol. The van der Waals surface area contributed by atoms with Crippen LogP contribution in [0.3, 0.4) is 0 Å². The van der Waals surface area contributed by atoms with Crippen LogP contribution in [0.1, 0.15) is 30.9 Å². The van der Waals surface area contributed by atoms with Crippen LogP contribution in [-0.2, 0) is 21.6 Å². The molecule has 0 fully saturated rings. The van der Waals surface area contributed by atoms with Crippen LogP contribution in [-0.4, -0.2) is 35.7 Å². The van der Waals surface area contributed by atoms with Crippen molar-refractivity contribution in [3.05, 3.63) is 29.3 Å². The van der Waals surface area contributed by atoms with Gasteiger partial charge in [-0.2, -0.15) is 26.3 Å². The third-order valence-electron chi connectivity index (χ3n) is 4.14. The maximum absolute atomic E-state index is 13.0. The fraction of sp³-hybridized carbons (Fsp3) is 0.500. The number of ketones is 1. The van der Waals surface area contributed by atoms with Crippen molar-refractivity contribution >= 4 is 17.4 Å². The number of aryl methyl sites for hydroxylation is 1. The summed E-state index contributed by atoms with van der Waals surface area (Å²) in [6.45, 7) is 1.39. The largest absolute Gasteiger partial charge is 0.430 e. The number of anilines is 1. The van der Waals surface area contributed by atoms with E-state index in [1.165, 1.54) is 6.92 Å². The Morgan fingerprint density at radius 1 is 1.12 bits per heavy atom. The highest BCUT2D eigenvalue weighted by atomic mass is 19.4. The summed E-state index contributed by atoms with van der Waals surface area (Å²) in [4.78, 5) is 24.3. The molecule has 0 unspecified atom stereocenters. The average molecular weight is 383 g/mol. The molecule has 0 aliphatic carbocycles. The van der Waals surface area contributed by atoms with Gasteiger partial charge >= 0.3 is 12.4 Å². The van der Waals surface area contributed by atoms with E-state index in [1.807, 2.05) is 0 Å². The van der Waals surface area contributed by atoms with Crippen molar-refractivity contribution in [1.29, 1.82) is 0 Å². The summed E-state index contributed by atoms with van der Waals surface area (Å²) in [6.07, 6.45) is -11.9. The number of amides is 1. The molecule has 26 heavy (non-hydrogen) atoms. The third kappa shape index (κ3) is 3.42. The number of alkyl halides is 6. The zero-order chi connectivity index (χ0) is 19.9. The molecule has 1 aromatic carbocycles. The molecule has 0 aromatic heterocycles. The molecule has 2 rings (SSSR count). The van der Waals surface area contributed by atoms with Gasteiger partial charge in [-0.25, -0.2) is 0 Å². The zero-order valence-corrected chi connectivity index (χ0v) is 13.5. The maximum Gasteiger partial charge on any atom is 0.430 e. The van der Waals surface area contributed by atoms with Crippen molar-refractivity contribution in [2.45, 2.75) is 44.1 Å². The van der Waals surface area contributed by atoms with Crippen LogP contribution in [0.2, 0.25) is 0 Å². The lowest BCUT2D eigenvalue weighted by molar-refractivity contribution is -0.376. The molecule has 0 radical (unpaired) electrons. The molecular formula is C16H15F6NO3. The molecule has 10 heteroatoms. The van der Waals surface area contributed by atoms with Gasteiger partial charge in [0.2, 0.25) is 5.91 Å². The molecule has 4 nitrogen and oxygen atoms in total. The number of carbonyl (C=O) groups excluding carboxylic acids is 2. The van der Waals surface area contributed by atoms with Gasteiger partial charge < -0.3 is 10.0 Å². The van der Waals surface area contributed by atoms with Crippen LogP contribution in [0.4, 0.5) is 32.0 Å². The first-order chi connectivity index (χ1) is 11.8. The van der Waals surface area contributed by atoms with Crippen LogP contribution in [0.5, 0.6) is 0 Å². The molecule has 1 heterocycles. The summed E-state index contributed by atoms with van der Waals surface area (Å²) in [5, 5.41) is 9.48. The number of benzene rings is 1. The first kappa shape index (κ1) is 20.2. The Kier molecular flexibility index (Phi) is 5.10. The fourth-order valence-corrected chi connectivity index (χ4v) is 2.88. The lowest BCUT2D eigenvalue weighted by Gasteiger charge is -2.35. The van der Waals surface area contributed by atoms with Gasteiger partial charge in [-0.05, 0) is 31.4 Å². The summed E-state index contributed by atoms with van der Waals surface area (Å²) in [5.41, 5.74) is -6.17. The normalized spacial score (nSPS) is 15.6. The van der Waals surface area contributed by atoms with Crippen molar-refractivity contribution < 1.29 is 41.0 Å². The number of rotatable bonds is 3. The zero-order valence-electron chi connectivity index (χ0n) is 13.5. The van der Waals surface area contributed by atoms with Crippen molar-refractivity contribution in [2.75, 3.05) is 11.4 Å². The minimum Gasteiger partial charge on any atom is -0.369 e. The second kappa shape index (κ2) is 6.57. The van der Waals surface area contributed by atoms with E-state index >= 15 is 0 Å². The fourth-order valence-electron chi connectivity index (χ4n) is 2.88. The van der Waals surface area contributed by atoms with Crippen molar-refractivity contribution in [1.82, 2.24) is 0 Å². The molecule has 1 aliphatic rings. The predicted octanol–water partition coefficient (Wildman–Crippen LogP) is 3.26. The summed E-state index contributed by atoms with van der Waals surface area (Å²) >= 11 is 0. The van der Waals surface area contributed by atoms with Crippen LogP contribution in [0.25, 0.3) is 0 Å². The van der Waals surface area contributed by atoms with Gasteiger partial charge in [0.15, 0.2) is 0 Å². The Labute approximate surface area is 144 Å². The van der Waals surface area contributed by atoms with E-state index in [-0.39, 0.29) is 24.2 Å². The lowest BCUT2D eigenvalue weighted by atomic mass is 9.88. The standard InChI is InChI=1S/C16H15F6NO3/c1-9(24)7-13(25)23-6-2-3-10-8-11(4-5-12(10)23)14(26,15(17,18)19)16(20,21)22/h4-5,8,26H,2-3,6-7H2,1H3. The molecule has 0 saturated heterocycles. The van der Waals surface area contributed by atoms with E-state index in [4.69, 9.17) is 0 Å². The SMILES string of the molecule is CC(=O)CC(=O)N1CCCc2cc(C(O)(C(F)(F)F)C(F)(F)F)ccc21. The molecule has 0 atom stereocenters. The Hall–Kier alpha value is -2.10. The van der Waals surface area contributed by atoms with E-state index in [0.717, 1.165) is 11.0 Å². The van der Waals surface area contributed by atoms with E-state index in [2.05, 4.69) is 0 Å². The number of nitrogens with zero attached hydrogens (tertiary/aromatic N) is 1. The van der Waals surface area contributed by atoms with Crippen LogP contribution < -0.4 is 4.90 Å². The summed E-state index contributed by atoms with van der Waals surface area (Å²) in [7, 11) is 0. The molecule has 1 N–H and O–H groups in total. The number of Topliss-reactive ketones (excluding diaryl/α,β-unsaturated/α-hetero) is 1. The van der Waals surface area contributed by atoms with Gasteiger partial charge in [0, 0.05) is 17.8 Å². The first-order valence-electron chi connectivity index (χ1n) is 7.58. The molecule has 0 bridgehead atoms. The Morgan fingerprint density at radius 3 is 2.19 bits per heavy atom. The van der Waals surface area contributed by atoms with Gasteiger partial charge in [0.25, 0.3) is 5.60 Å². The topological polar surface area (TPSA) is 57.6 Å². The van der Waals surface area contributed by atoms with Gasteiger partial charge in [0.1, 0.15) is 5.78 Å². The van der Waals surface area contributed by atoms with Crippen molar-refractivity contribution in [3.8, 4) is 0 Å². The van der Waals surface area contributed by atoms with Gasteiger partial charge in [-0.1, -0.05) is 12.1 Å². The van der Waals surface area contributed by atoms with Gasteiger partial charge in [-0.3, -0.25) is 9.59 Å². The van der Waals surface area contributed by atoms with Gasteiger partial charge in [0.05, 0.1) is 6.42 Å². The minimum atomic E-state index is -5.97. The number of hydrogen-bond acceptors (Lipinski definition) is 3. The summed E-state index contributed by atoms with van der Waals surface area (Å²) in [5.74, 6) is -1.00. The Bertz CT molecular complexity index is 712. The van der Waals surface area contributed by atoms with Crippen LogP contribution in [0.15, 0.2) is 18.2 Å². The number of halogens is 6. The molecule has 144 valence electrons. The van der Waals surface area contributed by atoms with Crippen molar-refractivity contribution in [2.24, 2.45) is 0 Å². The Morgan fingerprint density at radius 2 is 1.69 bits per heavy atom. The molecule has 1 aromatic rings. The van der Waals surface area contributed by atoms with E-state index in [9.17, 15) is 41.0 Å². The smallest absolute Gasteiger partial charge is 0.369 e. The second-order valence-electron chi connectivity index (χ2n) is 6.08.